The van der Waals surface area contributed by atoms with Crippen molar-refractivity contribution >= 4 is 29.2 Å². The molecule has 0 bridgehead atoms. The molecule has 0 heterocycles. The topological polar surface area (TPSA) is 53.5 Å². The molecule has 5 heteroatoms. The molecule has 0 aromatic heterocycles. The Balaban J connectivity index is 0. The van der Waals surface area contributed by atoms with Gasteiger partial charge in [0.05, 0.1) is 11.2 Å². The van der Waals surface area contributed by atoms with Gasteiger partial charge in [0.2, 0.25) is 0 Å². The normalized spacial score (nSPS) is 9.17. The Bertz CT molecular complexity index is 168. The van der Waals surface area contributed by atoms with Crippen molar-refractivity contribution in [3.8, 4) is 0 Å². The number of hydrazone groups is 1. The molecule has 2 N–H and O–H groups in total. The molecule has 0 spiro atoms. The van der Waals surface area contributed by atoms with Gasteiger partial charge in [0, 0.05) is 21.0 Å². The Morgan fingerprint density at radius 3 is 1.92 bits per heavy atom. The first-order valence-corrected chi connectivity index (χ1v) is 3.90. The molecule has 0 fully saturated rings. The number of hydrogen-bond acceptors (Lipinski definition) is 4. The van der Waals surface area contributed by atoms with Crippen LogP contribution in [-0.4, -0.2) is 31.1 Å². The highest BCUT2D eigenvalue weighted by atomic mass is 32.1. The van der Waals surface area contributed by atoms with E-state index in [2.05, 4.69) is 28.1 Å². The van der Waals surface area contributed by atoms with E-state index < -0.39 is 0 Å². The number of ketones is 1. The molecule has 0 rings (SSSR count). The van der Waals surface area contributed by atoms with Crippen molar-refractivity contribution < 1.29 is 4.79 Å². The summed E-state index contributed by atoms with van der Waals surface area (Å²) < 4.78 is 0. The number of hydrogen-bond donors (Lipinski definition) is 2. The molecular formula is C7H15N3OS. The zero-order valence-corrected chi connectivity index (χ0v) is 8.66. The number of nitrogens with zero attached hydrogens (tertiary/aromatic N) is 1. The highest BCUT2D eigenvalue weighted by molar-refractivity contribution is 7.78. The van der Waals surface area contributed by atoms with Gasteiger partial charge in [-0.05, 0) is 6.92 Å². The van der Waals surface area contributed by atoms with E-state index in [1.54, 1.807) is 21.0 Å². The number of nitrogens with one attached hydrogen (secondary N) is 2. The minimum absolute atomic E-state index is 0.000602. The molecule has 0 atom stereocenters. The third-order valence-electron chi connectivity index (χ3n) is 0.907. The van der Waals surface area contributed by atoms with Gasteiger partial charge in [-0.15, -0.1) is 0 Å². The molecule has 0 saturated carbocycles. The second-order valence-corrected chi connectivity index (χ2v) is 2.12. The molecule has 4 nitrogen and oxygen atoms in total. The molecule has 0 amide bonds. The molecule has 12 heavy (non-hydrogen) atoms. The molecule has 0 aliphatic heterocycles. The van der Waals surface area contributed by atoms with Crippen LogP contribution in [0.4, 0.5) is 0 Å². The average molecular weight is 189 g/mol. The molecule has 0 aliphatic carbocycles. The van der Waals surface area contributed by atoms with Gasteiger partial charge in [0.1, 0.15) is 0 Å². The maximum atomic E-state index is 10.4. The lowest BCUT2D eigenvalue weighted by Crippen LogP contribution is -2.09. The summed E-state index contributed by atoms with van der Waals surface area (Å²) in [5.41, 5.74) is 4.48. The van der Waals surface area contributed by atoms with Crippen molar-refractivity contribution in [2.75, 3.05) is 14.1 Å². The second kappa shape index (κ2) is 10.0. The Labute approximate surface area is 78.4 Å². The van der Waals surface area contributed by atoms with Gasteiger partial charge in [-0.3, -0.25) is 4.79 Å². The lowest BCUT2D eigenvalue weighted by molar-refractivity contribution is -0.111. The lowest BCUT2D eigenvalue weighted by Gasteiger charge is -1.89. The van der Waals surface area contributed by atoms with Gasteiger partial charge in [-0.1, -0.05) is 12.2 Å². The molecule has 0 aliphatic rings. The molecule has 0 aromatic carbocycles. The number of carbonyl (C=O) groups excluding carboxylic acids is 1. The van der Waals surface area contributed by atoms with Crippen LogP contribution in [0.5, 0.6) is 0 Å². The maximum absolute atomic E-state index is 10.4. The van der Waals surface area contributed by atoms with Crippen molar-refractivity contribution in [3.63, 3.8) is 0 Å². The monoisotopic (exact) mass is 189 g/mol. The van der Waals surface area contributed by atoms with Crippen LogP contribution in [0.15, 0.2) is 5.10 Å². The first-order chi connectivity index (χ1) is 5.59. The third-order valence-corrected chi connectivity index (χ3v) is 1.14. The predicted molar refractivity (Wildman–Crippen MR) is 55.6 cm³/mol. The highest BCUT2D eigenvalue weighted by Crippen LogP contribution is 1.74. The summed E-state index contributed by atoms with van der Waals surface area (Å²) in [6, 6.07) is 0. The zero-order chi connectivity index (χ0) is 9.98. The van der Waals surface area contributed by atoms with Crippen LogP contribution in [0, 0.1) is 0 Å². The summed E-state index contributed by atoms with van der Waals surface area (Å²) in [4.78, 5) is 10.4. The summed E-state index contributed by atoms with van der Waals surface area (Å²) >= 11 is 4.32. The molecule has 0 unspecified atom stereocenters. The van der Waals surface area contributed by atoms with Crippen molar-refractivity contribution in [3.05, 3.63) is 0 Å². The van der Waals surface area contributed by atoms with Gasteiger partial charge >= 0.3 is 0 Å². The van der Waals surface area contributed by atoms with Crippen LogP contribution < -0.4 is 10.7 Å². The van der Waals surface area contributed by atoms with Crippen LogP contribution in [0.2, 0.25) is 0 Å². The van der Waals surface area contributed by atoms with Gasteiger partial charge < -0.3 is 10.7 Å². The van der Waals surface area contributed by atoms with Gasteiger partial charge in [-0.2, -0.15) is 5.10 Å². The fourth-order valence-electron chi connectivity index (χ4n) is 0.246. The van der Waals surface area contributed by atoms with Gasteiger partial charge in [0.25, 0.3) is 0 Å². The van der Waals surface area contributed by atoms with Gasteiger partial charge in [-0.25, -0.2) is 0 Å². The van der Waals surface area contributed by atoms with E-state index >= 15 is 0 Å². The number of carbonyl (C=O) groups is 1. The van der Waals surface area contributed by atoms with E-state index in [9.17, 15) is 4.79 Å². The van der Waals surface area contributed by atoms with Crippen LogP contribution >= 0.6 is 12.2 Å². The fraction of sp³-hybridized carbons (Fsp3) is 0.571. The van der Waals surface area contributed by atoms with Crippen molar-refractivity contribution in [2.45, 2.75) is 13.8 Å². The van der Waals surface area contributed by atoms with Crippen molar-refractivity contribution in [2.24, 2.45) is 5.10 Å². The van der Waals surface area contributed by atoms with E-state index in [0.717, 1.165) is 0 Å². The van der Waals surface area contributed by atoms with Crippen molar-refractivity contribution in [1.29, 1.82) is 0 Å². The lowest BCUT2D eigenvalue weighted by atomic mass is 10.3. The summed E-state index contributed by atoms with van der Waals surface area (Å²) in [7, 11) is 3.43. The molecule has 0 saturated heterocycles. The minimum atomic E-state index is -0.000602. The second-order valence-electron chi connectivity index (χ2n) is 1.88. The van der Waals surface area contributed by atoms with Crippen LogP contribution in [0.1, 0.15) is 13.8 Å². The molecule has 0 radical (unpaired) electrons. The summed E-state index contributed by atoms with van der Waals surface area (Å²) in [5, 5.41) is 6.26. The summed E-state index contributed by atoms with van der Waals surface area (Å²) in [5.74, 6) is -0.000602. The Morgan fingerprint density at radius 2 is 1.83 bits per heavy atom. The number of thiocarbonyl (C=S) groups is 1. The van der Waals surface area contributed by atoms with E-state index in [4.69, 9.17) is 0 Å². The SMILES string of the molecule is CN/N=C(\C)C(C)=O.CNC=S. The maximum Gasteiger partial charge on any atom is 0.175 e. The Kier molecular flexibility index (Phi) is 11.4. The fourth-order valence-corrected chi connectivity index (χ4v) is 0.246. The smallest absolute Gasteiger partial charge is 0.175 e. The zero-order valence-electron chi connectivity index (χ0n) is 7.84. The first kappa shape index (κ1) is 13.6. The van der Waals surface area contributed by atoms with Crippen molar-refractivity contribution in [1.82, 2.24) is 10.7 Å². The highest BCUT2D eigenvalue weighted by Gasteiger charge is 1.93. The first-order valence-electron chi connectivity index (χ1n) is 3.43. The predicted octanol–water partition coefficient (Wildman–Crippen LogP) is 0.334. The summed E-state index contributed by atoms with van der Waals surface area (Å²) in [6.07, 6.45) is 0. The Hall–Kier alpha value is -0.970. The summed E-state index contributed by atoms with van der Waals surface area (Å²) in [6.45, 7) is 3.15. The standard InChI is InChI=1S/C5H10N2O.C2H5NS/c1-4(5(2)8)7-6-3;1-3-2-4/h6H,1-3H3;2H,1H3,(H,3,4)/b7-4+;. The number of Topliss-reactive ketones (excluding diaryl/α,β-unsaturated/α-hetero) is 1. The molecular weight excluding hydrogens is 174 g/mol. The van der Waals surface area contributed by atoms with Crippen LogP contribution in [0.25, 0.3) is 0 Å². The van der Waals surface area contributed by atoms with Crippen LogP contribution in [-0.2, 0) is 4.79 Å². The van der Waals surface area contributed by atoms with E-state index in [1.807, 2.05) is 0 Å². The average Bonchev–Trinajstić information content (AvgIpc) is 2.05. The quantitative estimate of drug-likeness (QED) is 0.382. The molecule has 0 aromatic rings. The van der Waals surface area contributed by atoms with Crippen LogP contribution in [0.3, 0.4) is 0 Å². The molecule has 70 valence electrons. The minimum Gasteiger partial charge on any atom is -0.385 e. The van der Waals surface area contributed by atoms with Gasteiger partial charge in [0.15, 0.2) is 5.78 Å². The third kappa shape index (κ3) is 11.8. The van der Waals surface area contributed by atoms with E-state index in [1.165, 1.54) is 12.4 Å². The van der Waals surface area contributed by atoms with E-state index in [0.29, 0.717) is 5.71 Å². The Morgan fingerprint density at radius 1 is 1.42 bits per heavy atom. The van der Waals surface area contributed by atoms with E-state index in [-0.39, 0.29) is 5.78 Å². The largest absolute Gasteiger partial charge is 0.385 e. The number of rotatable bonds is 3.